The van der Waals surface area contributed by atoms with Gasteiger partial charge in [-0.1, -0.05) is 11.2 Å². The van der Waals surface area contributed by atoms with Crippen molar-refractivity contribution in [1.82, 2.24) is 4.98 Å². The first kappa shape index (κ1) is 17.7. The molecule has 0 aliphatic rings. The van der Waals surface area contributed by atoms with Crippen LogP contribution in [0.1, 0.15) is 11.5 Å². The number of carbonyl (C=O) groups excluding carboxylic acids is 1. The zero-order valence-corrected chi connectivity index (χ0v) is 14.3. The lowest BCUT2D eigenvalue weighted by atomic mass is 10.3. The van der Waals surface area contributed by atoms with Gasteiger partial charge in [-0.3, -0.25) is 4.79 Å². The lowest BCUT2D eigenvalue weighted by Crippen LogP contribution is -2.14. The molecule has 3 rings (SSSR count). The van der Waals surface area contributed by atoms with Gasteiger partial charge in [0.1, 0.15) is 29.3 Å². The lowest BCUT2D eigenvalue weighted by molar-refractivity contribution is -0.110. The standard InChI is InChI=1S/C17H13F2N3O3S/c1-10-14(22-17(25-10)15-3-2-6-26-15)9-24-20-8-16(23)21-13-5-4-11(18)7-12(13)19/h2-8H,9H2,1H3,(H,21,23). The van der Waals surface area contributed by atoms with Crippen molar-refractivity contribution in [2.75, 3.05) is 5.32 Å². The molecule has 0 unspecified atom stereocenters. The van der Waals surface area contributed by atoms with Crippen molar-refractivity contribution < 1.29 is 22.8 Å². The van der Waals surface area contributed by atoms with E-state index in [-0.39, 0.29) is 12.3 Å². The zero-order chi connectivity index (χ0) is 18.5. The highest BCUT2D eigenvalue weighted by atomic mass is 32.1. The number of benzene rings is 1. The number of anilines is 1. The second kappa shape index (κ2) is 7.87. The van der Waals surface area contributed by atoms with Gasteiger partial charge in [0.05, 0.1) is 10.6 Å². The second-order valence-corrected chi connectivity index (χ2v) is 6.07. The van der Waals surface area contributed by atoms with Gasteiger partial charge in [0, 0.05) is 6.07 Å². The Balaban J connectivity index is 1.53. The monoisotopic (exact) mass is 377 g/mol. The van der Waals surface area contributed by atoms with Gasteiger partial charge in [-0.15, -0.1) is 11.3 Å². The van der Waals surface area contributed by atoms with Crippen LogP contribution in [-0.2, 0) is 16.2 Å². The van der Waals surface area contributed by atoms with Crippen LogP contribution < -0.4 is 5.32 Å². The molecular weight excluding hydrogens is 364 g/mol. The molecule has 0 saturated carbocycles. The molecule has 9 heteroatoms. The van der Waals surface area contributed by atoms with E-state index < -0.39 is 17.5 Å². The van der Waals surface area contributed by atoms with Crippen LogP contribution in [0.3, 0.4) is 0 Å². The number of nitrogens with zero attached hydrogens (tertiary/aromatic N) is 2. The molecule has 134 valence electrons. The summed E-state index contributed by atoms with van der Waals surface area (Å²) in [6, 6.07) is 6.59. The molecule has 2 aromatic heterocycles. The maximum atomic E-state index is 13.4. The summed E-state index contributed by atoms with van der Waals surface area (Å²) in [4.78, 5) is 21.9. The van der Waals surface area contributed by atoms with Crippen LogP contribution in [0.5, 0.6) is 0 Å². The lowest BCUT2D eigenvalue weighted by Gasteiger charge is -2.03. The quantitative estimate of drug-likeness (QED) is 0.518. The van der Waals surface area contributed by atoms with E-state index >= 15 is 0 Å². The van der Waals surface area contributed by atoms with Crippen molar-refractivity contribution in [3.63, 3.8) is 0 Å². The highest BCUT2D eigenvalue weighted by molar-refractivity contribution is 7.13. The number of rotatable bonds is 6. The third-order valence-corrected chi connectivity index (χ3v) is 4.12. The topological polar surface area (TPSA) is 76.7 Å². The van der Waals surface area contributed by atoms with E-state index in [9.17, 15) is 13.6 Å². The number of halogens is 2. The molecule has 0 fully saturated rings. The summed E-state index contributed by atoms with van der Waals surface area (Å²) in [6.45, 7) is 1.76. The molecule has 26 heavy (non-hydrogen) atoms. The van der Waals surface area contributed by atoms with Crippen LogP contribution in [0.15, 0.2) is 45.3 Å². The molecule has 0 atom stereocenters. The first-order chi connectivity index (χ1) is 12.5. The Morgan fingerprint density at radius 3 is 3.00 bits per heavy atom. The SMILES string of the molecule is Cc1oc(-c2cccs2)nc1CON=CC(=O)Nc1ccc(F)cc1F. The molecule has 0 bridgehead atoms. The van der Waals surface area contributed by atoms with Gasteiger partial charge in [0.25, 0.3) is 5.91 Å². The molecule has 6 nitrogen and oxygen atoms in total. The van der Waals surface area contributed by atoms with Crippen molar-refractivity contribution >= 4 is 29.1 Å². The third kappa shape index (κ3) is 4.31. The molecule has 0 aliphatic heterocycles. The minimum Gasteiger partial charge on any atom is -0.440 e. The number of aryl methyl sites for hydroxylation is 1. The fraction of sp³-hybridized carbons (Fsp3) is 0.118. The Morgan fingerprint density at radius 2 is 2.27 bits per heavy atom. The molecule has 1 aromatic carbocycles. The molecule has 0 saturated heterocycles. The van der Waals surface area contributed by atoms with E-state index in [1.165, 1.54) is 11.3 Å². The number of aromatic nitrogens is 1. The second-order valence-electron chi connectivity index (χ2n) is 5.12. The van der Waals surface area contributed by atoms with Crippen LogP contribution >= 0.6 is 11.3 Å². The molecule has 3 aromatic rings. The van der Waals surface area contributed by atoms with Gasteiger partial charge in [-0.2, -0.15) is 0 Å². The van der Waals surface area contributed by atoms with E-state index in [2.05, 4.69) is 15.5 Å². The van der Waals surface area contributed by atoms with Gasteiger partial charge >= 0.3 is 0 Å². The van der Waals surface area contributed by atoms with E-state index in [4.69, 9.17) is 9.25 Å². The fourth-order valence-electron chi connectivity index (χ4n) is 2.01. The molecule has 0 radical (unpaired) electrons. The molecule has 1 N–H and O–H groups in total. The van der Waals surface area contributed by atoms with Crippen LogP contribution in [0, 0.1) is 18.6 Å². The average Bonchev–Trinajstić information content (AvgIpc) is 3.24. The van der Waals surface area contributed by atoms with Gasteiger partial charge in [0.15, 0.2) is 6.61 Å². The summed E-state index contributed by atoms with van der Waals surface area (Å²) in [5, 5.41) is 7.65. The number of hydrogen-bond donors (Lipinski definition) is 1. The Kier molecular flexibility index (Phi) is 5.37. The van der Waals surface area contributed by atoms with E-state index in [0.29, 0.717) is 23.4 Å². The Labute approximate surface area is 151 Å². The minimum atomic E-state index is -0.882. The Hall–Kier alpha value is -3.07. The first-order valence-corrected chi connectivity index (χ1v) is 8.32. The predicted octanol–water partition coefficient (Wildman–Crippen LogP) is 4.13. The van der Waals surface area contributed by atoms with Crippen LogP contribution in [0.25, 0.3) is 10.8 Å². The number of carbonyl (C=O) groups is 1. The van der Waals surface area contributed by atoms with Crippen molar-refractivity contribution in [2.24, 2.45) is 5.16 Å². The molecule has 2 heterocycles. The van der Waals surface area contributed by atoms with Crippen LogP contribution in [-0.4, -0.2) is 17.1 Å². The highest BCUT2D eigenvalue weighted by Gasteiger charge is 2.12. The van der Waals surface area contributed by atoms with Gasteiger partial charge in [-0.05, 0) is 30.5 Å². The highest BCUT2D eigenvalue weighted by Crippen LogP contribution is 2.26. The maximum Gasteiger partial charge on any atom is 0.270 e. The fourth-order valence-corrected chi connectivity index (χ4v) is 2.66. The van der Waals surface area contributed by atoms with Gasteiger partial charge in [0.2, 0.25) is 5.89 Å². The third-order valence-electron chi connectivity index (χ3n) is 3.26. The molecule has 0 spiro atoms. The molecular formula is C17H13F2N3O3S. The van der Waals surface area contributed by atoms with E-state index in [1.807, 2.05) is 17.5 Å². The number of oxazole rings is 1. The largest absolute Gasteiger partial charge is 0.440 e. The summed E-state index contributed by atoms with van der Waals surface area (Å²) < 4.78 is 31.8. The maximum absolute atomic E-state index is 13.4. The van der Waals surface area contributed by atoms with Gasteiger partial charge < -0.3 is 14.6 Å². The Bertz CT molecular complexity index is 939. The number of oxime groups is 1. The predicted molar refractivity (Wildman–Crippen MR) is 92.8 cm³/mol. The van der Waals surface area contributed by atoms with Crippen molar-refractivity contribution in [2.45, 2.75) is 13.5 Å². The Morgan fingerprint density at radius 1 is 1.42 bits per heavy atom. The van der Waals surface area contributed by atoms with Crippen molar-refractivity contribution in [3.05, 3.63) is 58.8 Å². The summed E-state index contributed by atoms with van der Waals surface area (Å²) in [5.41, 5.74) is 0.395. The van der Waals surface area contributed by atoms with Crippen LogP contribution in [0.2, 0.25) is 0 Å². The van der Waals surface area contributed by atoms with Crippen molar-refractivity contribution in [1.29, 1.82) is 0 Å². The number of hydrogen-bond acceptors (Lipinski definition) is 6. The minimum absolute atomic E-state index is 0.00932. The molecule has 1 amide bonds. The summed E-state index contributed by atoms with van der Waals surface area (Å²) in [7, 11) is 0. The average molecular weight is 377 g/mol. The summed E-state index contributed by atoms with van der Waals surface area (Å²) >= 11 is 1.50. The first-order valence-electron chi connectivity index (χ1n) is 7.44. The number of thiophene rings is 1. The number of amides is 1. The van der Waals surface area contributed by atoms with E-state index in [0.717, 1.165) is 23.2 Å². The normalized spacial score (nSPS) is 11.0. The van der Waals surface area contributed by atoms with Crippen LogP contribution in [0.4, 0.5) is 14.5 Å². The summed E-state index contributed by atoms with van der Waals surface area (Å²) in [6.07, 6.45) is 0.846. The smallest absolute Gasteiger partial charge is 0.270 e. The van der Waals surface area contributed by atoms with Gasteiger partial charge in [-0.25, -0.2) is 13.8 Å². The summed E-state index contributed by atoms with van der Waals surface area (Å²) in [5.74, 6) is -1.26. The number of nitrogens with one attached hydrogen (secondary N) is 1. The zero-order valence-electron chi connectivity index (χ0n) is 13.5. The van der Waals surface area contributed by atoms with E-state index in [1.54, 1.807) is 6.92 Å². The van der Waals surface area contributed by atoms with Crippen molar-refractivity contribution in [3.8, 4) is 10.8 Å². The molecule has 0 aliphatic carbocycles.